The SMILES string of the molecule is COCCn1nnnc1[C@H](c1cc2ccc(C)cc2[nH]c1=O)N(Cc1ccc(Cl)cc1)Cc1ccco1. The van der Waals surface area contributed by atoms with Crippen LogP contribution in [-0.4, -0.2) is 43.8 Å². The number of aryl methyl sites for hydroxylation is 1. The molecule has 0 amide bonds. The first-order valence-corrected chi connectivity index (χ1v) is 12.3. The highest BCUT2D eigenvalue weighted by atomic mass is 35.5. The summed E-state index contributed by atoms with van der Waals surface area (Å²) in [4.78, 5) is 18.8. The number of nitrogens with one attached hydrogen (secondary N) is 1. The fraction of sp³-hybridized carbons (Fsp3) is 0.259. The Morgan fingerprint density at radius 1 is 1.14 bits per heavy atom. The zero-order chi connectivity index (χ0) is 25.8. The first-order chi connectivity index (χ1) is 18.0. The summed E-state index contributed by atoms with van der Waals surface area (Å²) in [7, 11) is 1.63. The number of fused-ring (bicyclic) bond motifs is 1. The number of benzene rings is 2. The van der Waals surface area contributed by atoms with Gasteiger partial charge in [-0.15, -0.1) is 5.10 Å². The highest BCUT2D eigenvalue weighted by molar-refractivity contribution is 6.30. The van der Waals surface area contributed by atoms with Crippen LogP contribution in [0.3, 0.4) is 0 Å². The second kappa shape index (κ2) is 11.1. The summed E-state index contributed by atoms with van der Waals surface area (Å²) in [5.41, 5.74) is 3.19. The molecule has 3 aromatic heterocycles. The molecule has 0 aliphatic carbocycles. The molecule has 9 nitrogen and oxygen atoms in total. The molecular formula is C27H27ClN6O3. The molecule has 190 valence electrons. The van der Waals surface area contributed by atoms with Gasteiger partial charge in [0.1, 0.15) is 11.8 Å². The van der Waals surface area contributed by atoms with E-state index >= 15 is 0 Å². The minimum atomic E-state index is -0.581. The van der Waals surface area contributed by atoms with Crippen LogP contribution < -0.4 is 5.56 Å². The molecule has 0 fully saturated rings. The number of hydrogen-bond acceptors (Lipinski definition) is 7. The number of nitrogens with zero attached hydrogens (tertiary/aromatic N) is 5. The highest BCUT2D eigenvalue weighted by Gasteiger charge is 2.31. The molecule has 0 saturated carbocycles. The Bertz CT molecular complexity index is 1530. The van der Waals surface area contributed by atoms with Gasteiger partial charge in [0, 0.05) is 29.8 Å². The van der Waals surface area contributed by atoms with E-state index in [9.17, 15) is 4.79 Å². The Labute approximate surface area is 218 Å². The van der Waals surface area contributed by atoms with Crippen LogP contribution >= 0.6 is 11.6 Å². The van der Waals surface area contributed by atoms with Crippen molar-refractivity contribution < 1.29 is 9.15 Å². The van der Waals surface area contributed by atoms with Crippen LogP contribution in [0.1, 0.15) is 34.3 Å². The predicted molar refractivity (Wildman–Crippen MR) is 140 cm³/mol. The minimum Gasteiger partial charge on any atom is -0.468 e. The van der Waals surface area contributed by atoms with Crippen molar-refractivity contribution in [3.63, 3.8) is 0 Å². The van der Waals surface area contributed by atoms with Gasteiger partial charge in [-0.1, -0.05) is 35.9 Å². The summed E-state index contributed by atoms with van der Waals surface area (Å²) in [6.45, 7) is 3.77. The number of ether oxygens (including phenoxy) is 1. The lowest BCUT2D eigenvalue weighted by Crippen LogP contribution is -2.35. The Hall–Kier alpha value is -3.79. The summed E-state index contributed by atoms with van der Waals surface area (Å²) >= 11 is 6.14. The summed E-state index contributed by atoms with van der Waals surface area (Å²) < 4.78 is 12.7. The van der Waals surface area contributed by atoms with Crippen molar-refractivity contribution in [2.75, 3.05) is 13.7 Å². The Balaban J connectivity index is 1.67. The van der Waals surface area contributed by atoms with Crippen molar-refractivity contribution in [1.29, 1.82) is 0 Å². The molecule has 0 aliphatic rings. The predicted octanol–water partition coefficient (Wildman–Crippen LogP) is 4.51. The molecule has 0 radical (unpaired) electrons. The molecule has 0 aliphatic heterocycles. The van der Waals surface area contributed by atoms with Gasteiger partial charge in [0.05, 0.1) is 26.0 Å². The quantitative estimate of drug-likeness (QED) is 0.290. The third-order valence-corrected chi connectivity index (χ3v) is 6.49. The van der Waals surface area contributed by atoms with Gasteiger partial charge in [0.15, 0.2) is 5.82 Å². The van der Waals surface area contributed by atoms with Crippen LogP contribution in [0.2, 0.25) is 5.02 Å². The zero-order valence-electron chi connectivity index (χ0n) is 20.6. The molecule has 37 heavy (non-hydrogen) atoms. The van der Waals surface area contributed by atoms with Crippen molar-refractivity contribution in [3.05, 3.63) is 111 Å². The molecular weight excluding hydrogens is 492 g/mol. The van der Waals surface area contributed by atoms with Crippen LogP contribution in [-0.2, 0) is 24.4 Å². The molecule has 0 saturated heterocycles. The summed E-state index contributed by atoms with van der Waals surface area (Å²) in [6.07, 6.45) is 1.64. The van der Waals surface area contributed by atoms with E-state index in [-0.39, 0.29) is 5.56 Å². The maximum atomic E-state index is 13.6. The van der Waals surface area contributed by atoms with E-state index < -0.39 is 6.04 Å². The van der Waals surface area contributed by atoms with E-state index in [1.54, 1.807) is 18.1 Å². The summed E-state index contributed by atoms with van der Waals surface area (Å²) in [6, 6.07) is 18.7. The van der Waals surface area contributed by atoms with E-state index in [0.29, 0.717) is 42.7 Å². The zero-order valence-corrected chi connectivity index (χ0v) is 21.4. The fourth-order valence-corrected chi connectivity index (χ4v) is 4.57. The lowest BCUT2D eigenvalue weighted by Gasteiger charge is -2.30. The molecule has 5 rings (SSSR count). The van der Waals surface area contributed by atoms with Crippen LogP contribution in [0.5, 0.6) is 0 Å². The third kappa shape index (κ3) is 5.64. The number of hydrogen-bond donors (Lipinski definition) is 1. The van der Waals surface area contributed by atoms with E-state index in [2.05, 4.69) is 25.4 Å². The second-order valence-electron chi connectivity index (χ2n) is 8.91. The molecule has 0 spiro atoms. The first-order valence-electron chi connectivity index (χ1n) is 11.9. The number of rotatable bonds is 10. The number of tetrazole rings is 1. The number of furan rings is 1. The van der Waals surface area contributed by atoms with Gasteiger partial charge >= 0.3 is 0 Å². The average molecular weight is 519 g/mol. The van der Waals surface area contributed by atoms with Crippen molar-refractivity contribution in [1.82, 2.24) is 30.1 Å². The molecule has 3 heterocycles. The Kier molecular flexibility index (Phi) is 7.45. The molecule has 1 N–H and O–H groups in total. The summed E-state index contributed by atoms with van der Waals surface area (Å²) in [5.74, 6) is 1.29. The van der Waals surface area contributed by atoms with Gasteiger partial charge in [-0.05, 0) is 70.3 Å². The average Bonchev–Trinajstić information content (AvgIpc) is 3.57. The standard InChI is InChI=1S/C27H27ClN6O3/c1-18-5-8-20-15-23(27(35)29-24(20)14-18)25(26-30-31-32-34(26)11-13-36-2)33(17-22-4-3-12-37-22)16-19-6-9-21(28)10-7-19/h3-10,12,14-15,25H,11,13,16-17H2,1-2H3,(H,29,35)/t25-/m0/s1. The van der Waals surface area contributed by atoms with Gasteiger partial charge in [0.25, 0.3) is 5.56 Å². The number of halogens is 1. The third-order valence-electron chi connectivity index (χ3n) is 6.24. The van der Waals surface area contributed by atoms with Crippen molar-refractivity contribution in [2.45, 2.75) is 32.6 Å². The van der Waals surface area contributed by atoms with E-state index in [1.165, 1.54) is 0 Å². The number of aromatic nitrogens is 5. The van der Waals surface area contributed by atoms with Crippen LogP contribution in [0, 0.1) is 6.92 Å². The normalized spacial score (nSPS) is 12.4. The molecule has 0 bridgehead atoms. The Morgan fingerprint density at radius 2 is 1.97 bits per heavy atom. The van der Waals surface area contributed by atoms with Gasteiger partial charge in [-0.25, -0.2) is 4.68 Å². The molecule has 0 unspecified atom stereocenters. The second-order valence-corrected chi connectivity index (χ2v) is 9.35. The maximum Gasteiger partial charge on any atom is 0.253 e. The lowest BCUT2D eigenvalue weighted by atomic mass is 10.0. The molecule has 2 aromatic carbocycles. The summed E-state index contributed by atoms with van der Waals surface area (Å²) in [5, 5.41) is 14.1. The first kappa shape index (κ1) is 24.9. The van der Waals surface area contributed by atoms with Gasteiger partial charge in [-0.3, -0.25) is 9.69 Å². The topological polar surface area (TPSA) is 102 Å². The van der Waals surface area contributed by atoms with Crippen molar-refractivity contribution >= 4 is 22.5 Å². The number of methoxy groups -OCH3 is 1. The Morgan fingerprint density at radius 3 is 2.73 bits per heavy atom. The lowest BCUT2D eigenvalue weighted by molar-refractivity contribution is 0.163. The van der Waals surface area contributed by atoms with Crippen molar-refractivity contribution in [2.24, 2.45) is 0 Å². The van der Waals surface area contributed by atoms with E-state index in [4.69, 9.17) is 20.8 Å². The molecule has 1 atom stereocenters. The molecule has 10 heteroatoms. The van der Waals surface area contributed by atoms with Crippen LogP contribution in [0.15, 0.2) is 76.1 Å². The van der Waals surface area contributed by atoms with Crippen LogP contribution in [0.25, 0.3) is 10.9 Å². The molecule has 5 aromatic rings. The minimum absolute atomic E-state index is 0.204. The number of aromatic amines is 1. The van der Waals surface area contributed by atoms with Gasteiger partial charge in [-0.2, -0.15) is 0 Å². The largest absolute Gasteiger partial charge is 0.468 e. The van der Waals surface area contributed by atoms with E-state index in [0.717, 1.165) is 27.8 Å². The van der Waals surface area contributed by atoms with Crippen molar-refractivity contribution in [3.8, 4) is 0 Å². The smallest absolute Gasteiger partial charge is 0.253 e. The monoisotopic (exact) mass is 518 g/mol. The maximum absolute atomic E-state index is 13.6. The van der Waals surface area contributed by atoms with Crippen LogP contribution in [0.4, 0.5) is 0 Å². The highest BCUT2D eigenvalue weighted by Crippen LogP contribution is 2.30. The van der Waals surface area contributed by atoms with E-state index in [1.807, 2.05) is 67.6 Å². The van der Waals surface area contributed by atoms with Gasteiger partial charge in [0.2, 0.25) is 0 Å². The number of H-pyrrole nitrogens is 1. The van der Waals surface area contributed by atoms with Gasteiger partial charge < -0.3 is 14.1 Å². The fourth-order valence-electron chi connectivity index (χ4n) is 4.44. The number of pyridine rings is 1.